The van der Waals surface area contributed by atoms with Gasteiger partial charge in [0.2, 0.25) is 29.7 Å². The quantitative estimate of drug-likeness (QED) is 0.523. The number of aromatic nitrogens is 1. The van der Waals surface area contributed by atoms with Crippen molar-refractivity contribution in [3.05, 3.63) is 76.9 Å². The van der Waals surface area contributed by atoms with Gasteiger partial charge in [0.25, 0.3) is 0 Å². The molecular formula is C21H19ClN2O6S3. The van der Waals surface area contributed by atoms with Crippen LogP contribution in [0.15, 0.2) is 80.5 Å². The van der Waals surface area contributed by atoms with E-state index in [1.54, 1.807) is 12.1 Å². The van der Waals surface area contributed by atoms with Gasteiger partial charge in [-0.2, -0.15) is 0 Å². The summed E-state index contributed by atoms with van der Waals surface area (Å²) in [5.41, 5.74) is 1.37. The molecule has 3 aromatic rings. The lowest BCUT2D eigenvalue weighted by Gasteiger charge is -2.14. The molecule has 0 saturated carbocycles. The Morgan fingerprint density at radius 3 is 2.33 bits per heavy atom. The number of hydrogen-bond donors (Lipinski definition) is 1. The van der Waals surface area contributed by atoms with Crippen LogP contribution in [-0.4, -0.2) is 36.5 Å². The average molecular weight is 527 g/mol. The van der Waals surface area contributed by atoms with E-state index in [1.807, 2.05) is 0 Å². The van der Waals surface area contributed by atoms with Crippen LogP contribution in [0.3, 0.4) is 0 Å². The summed E-state index contributed by atoms with van der Waals surface area (Å²) in [6.45, 7) is 0. The van der Waals surface area contributed by atoms with Crippen molar-refractivity contribution in [3.63, 3.8) is 0 Å². The molecule has 1 aromatic heterocycles. The number of halogens is 1. The maximum absolute atomic E-state index is 13.5. The first-order valence-corrected chi connectivity index (χ1v) is 14.9. The van der Waals surface area contributed by atoms with Crippen LogP contribution in [0.4, 0.5) is 0 Å². The summed E-state index contributed by atoms with van der Waals surface area (Å²) < 4.78 is 79.2. The third-order valence-electron chi connectivity index (χ3n) is 5.26. The summed E-state index contributed by atoms with van der Waals surface area (Å²) in [7, 11) is -12.0. The van der Waals surface area contributed by atoms with Gasteiger partial charge in [0, 0.05) is 17.3 Å². The molecular weight excluding hydrogens is 508 g/mol. The second-order valence-corrected chi connectivity index (χ2v) is 13.6. The van der Waals surface area contributed by atoms with Crippen molar-refractivity contribution in [2.45, 2.75) is 38.6 Å². The van der Waals surface area contributed by atoms with E-state index in [9.17, 15) is 25.3 Å². The number of pyridine rings is 1. The predicted molar refractivity (Wildman–Crippen MR) is 122 cm³/mol. The van der Waals surface area contributed by atoms with Crippen LogP contribution >= 0.6 is 11.6 Å². The van der Waals surface area contributed by atoms with E-state index in [-0.39, 0.29) is 14.9 Å². The summed E-state index contributed by atoms with van der Waals surface area (Å²) in [6.07, 6.45) is 3.33. The van der Waals surface area contributed by atoms with Crippen molar-refractivity contribution in [2.75, 3.05) is 6.26 Å². The van der Waals surface area contributed by atoms with E-state index in [0.717, 1.165) is 18.4 Å². The van der Waals surface area contributed by atoms with Gasteiger partial charge in [0.05, 0.1) is 20.9 Å². The first kappa shape index (κ1) is 23.8. The number of nitrogens with one attached hydrogen (secondary N) is 1. The van der Waals surface area contributed by atoms with Gasteiger partial charge in [-0.05, 0) is 66.4 Å². The third kappa shape index (κ3) is 4.69. The Hall–Kier alpha value is -2.31. The highest BCUT2D eigenvalue weighted by atomic mass is 35.5. The number of nitrogens with zero attached hydrogens (tertiary/aromatic N) is 1. The molecule has 1 aliphatic carbocycles. The maximum atomic E-state index is 13.5. The standard InChI is InChI=1S/C21H19ClN2O6S3/c1-31(25,26)24-18-9-5-14-12-16(7-8-17(14)18)32(27,28)19-10-6-15(22)13-20(19)33(29,30)21-4-2-3-11-23-21/h2-4,6-8,10-13,18,24H,5,9H2,1H3. The average Bonchev–Trinajstić information content (AvgIpc) is 3.14. The molecule has 0 spiro atoms. The molecule has 1 unspecified atom stereocenters. The molecule has 33 heavy (non-hydrogen) atoms. The smallest absolute Gasteiger partial charge is 0.225 e. The minimum Gasteiger partial charge on any atom is -0.244 e. The Morgan fingerprint density at radius 1 is 0.909 bits per heavy atom. The van der Waals surface area contributed by atoms with E-state index in [1.165, 1.54) is 36.5 Å². The van der Waals surface area contributed by atoms with Gasteiger partial charge in [-0.15, -0.1) is 0 Å². The Bertz CT molecular complexity index is 1550. The van der Waals surface area contributed by atoms with Crippen molar-refractivity contribution >= 4 is 41.3 Å². The van der Waals surface area contributed by atoms with Gasteiger partial charge in [-0.25, -0.2) is 35.0 Å². The van der Waals surface area contributed by atoms with E-state index < -0.39 is 45.5 Å². The predicted octanol–water partition coefficient (Wildman–Crippen LogP) is 2.94. The van der Waals surface area contributed by atoms with Crippen LogP contribution in [0.25, 0.3) is 0 Å². The highest BCUT2D eigenvalue weighted by molar-refractivity contribution is 7.94. The first-order chi connectivity index (χ1) is 15.4. The monoisotopic (exact) mass is 526 g/mol. The summed E-state index contributed by atoms with van der Waals surface area (Å²) in [5, 5.41) is -0.237. The van der Waals surface area contributed by atoms with Crippen molar-refractivity contribution in [1.29, 1.82) is 0 Å². The second kappa shape index (κ2) is 8.48. The minimum absolute atomic E-state index is 0.0621. The van der Waals surface area contributed by atoms with E-state index in [4.69, 9.17) is 11.6 Å². The van der Waals surface area contributed by atoms with Gasteiger partial charge >= 0.3 is 0 Å². The molecule has 4 rings (SSSR count). The summed E-state index contributed by atoms with van der Waals surface area (Å²) >= 11 is 6.02. The SMILES string of the molecule is CS(=O)(=O)NC1CCc2cc(S(=O)(=O)c3ccc(Cl)cc3S(=O)(=O)c3ccccn3)ccc21. The largest absolute Gasteiger partial charge is 0.244 e. The lowest BCUT2D eigenvalue weighted by Crippen LogP contribution is -2.25. The molecule has 2 aromatic carbocycles. The lowest BCUT2D eigenvalue weighted by molar-refractivity contribution is 0.560. The van der Waals surface area contributed by atoms with Crippen LogP contribution < -0.4 is 4.72 Å². The van der Waals surface area contributed by atoms with Crippen LogP contribution in [0.1, 0.15) is 23.6 Å². The fourth-order valence-corrected chi connectivity index (χ4v) is 8.13. The van der Waals surface area contributed by atoms with Crippen LogP contribution in [0, 0.1) is 0 Å². The van der Waals surface area contributed by atoms with E-state index in [2.05, 4.69) is 9.71 Å². The normalized spacial score (nSPS) is 16.5. The van der Waals surface area contributed by atoms with Crippen molar-refractivity contribution < 1.29 is 25.3 Å². The first-order valence-electron chi connectivity index (χ1n) is 9.70. The van der Waals surface area contributed by atoms with E-state index >= 15 is 0 Å². The highest BCUT2D eigenvalue weighted by Gasteiger charge is 2.32. The number of sulfone groups is 2. The number of benzene rings is 2. The zero-order chi connectivity index (χ0) is 24.0. The molecule has 1 N–H and O–H groups in total. The van der Waals surface area contributed by atoms with Gasteiger partial charge in [-0.3, -0.25) is 0 Å². The van der Waals surface area contributed by atoms with Crippen LogP contribution in [0.2, 0.25) is 5.02 Å². The van der Waals surface area contributed by atoms with Crippen LogP contribution in [0.5, 0.6) is 0 Å². The fourth-order valence-electron chi connectivity index (χ4n) is 3.80. The van der Waals surface area contributed by atoms with Gasteiger partial charge in [0.1, 0.15) is 0 Å². The summed E-state index contributed by atoms with van der Waals surface area (Å²) in [5.74, 6) is 0. The fraction of sp³-hybridized carbons (Fsp3) is 0.190. The second-order valence-electron chi connectivity index (χ2n) is 7.61. The van der Waals surface area contributed by atoms with Crippen LogP contribution in [-0.2, 0) is 36.1 Å². The van der Waals surface area contributed by atoms with Gasteiger partial charge in [-0.1, -0.05) is 23.7 Å². The Labute approximate surface area is 197 Å². The molecule has 1 atom stereocenters. The lowest BCUT2D eigenvalue weighted by atomic mass is 10.1. The highest BCUT2D eigenvalue weighted by Crippen LogP contribution is 2.37. The number of hydrogen-bond acceptors (Lipinski definition) is 7. The topological polar surface area (TPSA) is 127 Å². The van der Waals surface area contributed by atoms with Gasteiger partial charge < -0.3 is 0 Å². The molecule has 0 amide bonds. The Morgan fingerprint density at radius 2 is 1.67 bits per heavy atom. The molecule has 0 radical (unpaired) electrons. The molecule has 0 saturated heterocycles. The zero-order valence-corrected chi connectivity index (χ0v) is 20.5. The molecule has 0 aliphatic heterocycles. The molecule has 1 aliphatic rings. The van der Waals surface area contributed by atoms with E-state index in [0.29, 0.717) is 24.0 Å². The summed E-state index contributed by atoms with van der Waals surface area (Å²) in [6, 6.07) is 11.8. The molecule has 0 fully saturated rings. The minimum atomic E-state index is -4.28. The zero-order valence-electron chi connectivity index (χ0n) is 17.3. The molecule has 174 valence electrons. The third-order valence-corrected chi connectivity index (χ3v) is 9.85. The van der Waals surface area contributed by atoms with Crippen molar-refractivity contribution in [3.8, 4) is 0 Å². The molecule has 8 nitrogen and oxygen atoms in total. The number of fused-ring (bicyclic) bond motifs is 1. The molecule has 1 heterocycles. The van der Waals surface area contributed by atoms with Gasteiger partial charge in [0.15, 0.2) is 5.03 Å². The summed E-state index contributed by atoms with van der Waals surface area (Å²) in [4.78, 5) is 2.88. The van der Waals surface area contributed by atoms with Crippen molar-refractivity contribution in [1.82, 2.24) is 9.71 Å². The molecule has 12 heteroatoms. The Kier molecular flexibility index (Phi) is 6.12. The Balaban J connectivity index is 1.82. The molecule has 0 bridgehead atoms. The maximum Gasteiger partial charge on any atom is 0.225 e. The van der Waals surface area contributed by atoms with Crippen molar-refractivity contribution in [2.24, 2.45) is 0 Å². The number of aryl methyl sites for hydroxylation is 1. The number of sulfonamides is 1. The number of rotatable bonds is 6.